The Balaban J connectivity index is 1.65. The fourth-order valence-electron chi connectivity index (χ4n) is 4.48. The van der Waals surface area contributed by atoms with Crippen LogP contribution in [0.1, 0.15) is 37.1 Å². The first kappa shape index (κ1) is 26.0. The van der Waals surface area contributed by atoms with Crippen molar-refractivity contribution in [1.29, 1.82) is 0 Å². The number of benzene rings is 1. The van der Waals surface area contributed by atoms with Crippen molar-refractivity contribution in [1.82, 2.24) is 14.9 Å². The lowest BCUT2D eigenvalue weighted by Crippen LogP contribution is -2.40. The van der Waals surface area contributed by atoms with Gasteiger partial charge in [0, 0.05) is 29.6 Å². The summed E-state index contributed by atoms with van der Waals surface area (Å²) in [6.45, 7) is 5.16. The minimum Gasteiger partial charge on any atom is -0.467 e. The van der Waals surface area contributed by atoms with Crippen LogP contribution >= 0.6 is 11.6 Å². The van der Waals surface area contributed by atoms with E-state index in [1.165, 1.54) is 13.1 Å². The number of allylic oxidation sites excluding steroid dienone is 3. The van der Waals surface area contributed by atoms with Crippen molar-refractivity contribution in [2.45, 2.75) is 31.3 Å². The first-order valence-electron chi connectivity index (χ1n) is 11.6. The Morgan fingerprint density at radius 2 is 2.03 bits per heavy atom. The third-order valence-corrected chi connectivity index (χ3v) is 6.95. The Morgan fingerprint density at radius 3 is 2.75 bits per heavy atom. The second-order valence-corrected chi connectivity index (χ2v) is 9.29. The average Bonchev–Trinajstić information content (AvgIpc) is 2.87. The van der Waals surface area contributed by atoms with Gasteiger partial charge in [-0.25, -0.2) is 18.7 Å². The van der Waals surface area contributed by atoms with Crippen molar-refractivity contribution in [3.8, 4) is 5.88 Å². The number of rotatable bonds is 8. The zero-order chi connectivity index (χ0) is 25.9. The quantitative estimate of drug-likeness (QED) is 0.513. The topological polar surface area (TPSA) is 117 Å². The first-order chi connectivity index (χ1) is 17.2. The molecule has 2 atom stereocenters. The minimum absolute atomic E-state index is 0.0210. The van der Waals surface area contributed by atoms with Crippen molar-refractivity contribution < 1.29 is 23.0 Å². The molecule has 2 unspecified atom stereocenters. The van der Waals surface area contributed by atoms with Gasteiger partial charge in [0.25, 0.3) is 5.88 Å². The second kappa shape index (κ2) is 10.9. The Morgan fingerprint density at radius 1 is 1.31 bits per heavy atom. The summed E-state index contributed by atoms with van der Waals surface area (Å²) in [4.78, 5) is 23.2. The molecule has 1 aliphatic heterocycles. The predicted octanol–water partition coefficient (Wildman–Crippen LogP) is 3.46. The largest absolute Gasteiger partial charge is 0.467 e. The summed E-state index contributed by atoms with van der Waals surface area (Å²) < 4.78 is 39.7. The zero-order valence-electron chi connectivity index (χ0n) is 19.8. The molecule has 1 fully saturated rings. The fraction of sp³-hybridized carbons (Fsp3) is 0.400. The molecule has 0 saturated carbocycles. The molecule has 0 bridgehead atoms. The van der Waals surface area contributed by atoms with Crippen LogP contribution in [0.25, 0.3) is 0 Å². The van der Waals surface area contributed by atoms with Gasteiger partial charge in [-0.1, -0.05) is 29.8 Å². The molecule has 1 aromatic carbocycles. The maximum atomic E-state index is 14.4. The fourth-order valence-corrected chi connectivity index (χ4v) is 4.79. The van der Waals surface area contributed by atoms with Crippen LogP contribution < -0.4 is 16.2 Å². The third kappa shape index (κ3) is 5.50. The highest BCUT2D eigenvalue weighted by Gasteiger charge is 2.36. The van der Waals surface area contributed by atoms with Crippen molar-refractivity contribution in [3.63, 3.8) is 0 Å². The maximum absolute atomic E-state index is 14.4. The summed E-state index contributed by atoms with van der Waals surface area (Å²) in [6.07, 6.45) is 6.91. The molecule has 11 heteroatoms. The molecule has 1 aliphatic carbocycles. The van der Waals surface area contributed by atoms with Crippen LogP contribution in [-0.4, -0.2) is 53.6 Å². The summed E-state index contributed by atoms with van der Waals surface area (Å²) in [6, 6.07) is 1.92. The van der Waals surface area contributed by atoms with Crippen molar-refractivity contribution in [3.05, 3.63) is 70.0 Å². The highest BCUT2D eigenvalue weighted by Crippen LogP contribution is 2.40. The van der Waals surface area contributed by atoms with Crippen LogP contribution in [0.4, 0.5) is 14.6 Å². The molecule has 2 heterocycles. The average molecular weight is 520 g/mol. The molecule has 1 aromatic heterocycles. The van der Waals surface area contributed by atoms with Crippen LogP contribution in [0, 0.1) is 11.6 Å². The lowest BCUT2D eigenvalue weighted by molar-refractivity contribution is -0.114. The van der Waals surface area contributed by atoms with Crippen LogP contribution in [-0.2, 0) is 14.9 Å². The van der Waals surface area contributed by atoms with E-state index in [-0.39, 0.29) is 22.3 Å². The van der Waals surface area contributed by atoms with Gasteiger partial charge >= 0.3 is 0 Å². The van der Waals surface area contributed by atoms with Gasteiger partial charge in [-0.05, 0) is 38.4 Å². The van der Waals surface area contributed by atoms with Gasteiger partial charge in [-0.3, -0.25) is 9.69 Å². The van der Waals surface area contributed by atoms with E-state index in [0.29, 0.717) is 37.3 Å². The first-order valence-corrected chi connectivity index (χ1v) is 12.0. The molecule has 0 radical (unpaired) electrons. The van der Waals surface area contributed by atoms with Crippen LogP contribution in [0.3, 0.4) is 0 Å². The Bertz CT molecular complexity index is 1200. The van der Waals surface area contributed by atoms with Gasteiger partial charge < -0.3 is 20.9 Å². The number of primary amides is 1. The van der Waals surface area contributed by atoms with E-state index in [4.69, 9.17) is 32.5 Å². The number of halogens is 3. The van der Waals surface area contributed by atoms with Crippen LogP contribution in [0.5, 0.6) is 5.88 Å². The van der Waals surface area contributed by atoms with E-state index >= 15 is 0 Å². The summed E-state index contributed by atoms with van der Waals surface area (Å²) in [5, 5.41) is -0.376. The van der Waals surface area contributed by atoms with Crippen molar-refractivity contribution >= 4 is 23.3 Å². The lowest BCUT2D eigenvalue weighted by Gasteiger charge is -2.36. The van der Waals surface area contributed by atoms with Gasteiger partial charge in [0.1, 0.15) is 17.7 Å². The Labute approximate surface area is 212 Å². The number of carbonyl (C=O) groups excluding carboxylic acids is 1. The Hall–Kier alpha value is -3.08. The Kier molecular flexibility index (Phi) is 7.87. The van der Waals surface area contributed by atoms with E-state index < -0.39 is 29.1 Å². The summed E-state index contributed by atoms with van der Waals surface area (Å²) >= 11 is 6.00. The molecule has 192 valence electrons. The molecule has 36 heavy (non-hydrogen) atoms. The number of amides is 1. The highest BCUT2D eigenvalue weighted by molar-refractivity contribution is 6.31. The molecule has 1 saturated heterocycles. The molecule has 8 nitrogen and oxygen atoms in total. The molecule has 2 aliphatic rings. The van der Waals surface area contributed by atoms with E-state index in [0.717, 1.165) is 31.8 Å². The van der Waals surface area contributed by atoms with E-state index in [1.54, 1.807) is 12.2 Å². The summed E-state index contributed by atoms with van der Waals surface area (Å²) in [7, 11) is 0. The predicted molar refractivity (Wildman–Crippen MR) is 131 cm³/mol. The smallest absolute Gasteiger partial charge is 0.258 e. The zero-order valence-corrected chi connectivity index (χ0v) is 20.6. The summed E-state index contributed by atoms with van der Waals surface area (Å²) in [5.41, 5.74) is 11.8. The molecular formula is C25H28ClF2N5O3. The van der Waals surface area contributed by atoms with Crippen molar-refractivity contribution in [2.24, 2.45) is 5.73 Å². The second-order valence-electron chi connectivity index (χ2n) is 8.91. The van der Waals surface area contributed by atoms with Gasteiger partial charge in [0.05, 0.1) is 30.1 Å². The highest BCUT2D eigenvalue weighted by atomic mass is 35.5. The molecule has 2 aromatic rings. The van der Waals surface area contributed by atoms with Crippen molar-refractivity contribution in [2.75, 3.05) is 38.6 Å². The molecule has 0 spiro atoms. The molecular weight excluding hydrogens is 492 g/mol. The molecule has 1 amide bonds. The minimum atomic E-state index is -1.01. The number of nitrogens with two attached hydrogens (primary N) is 2. The van der Waals surface area contributed by atoms with E-state index in [1.807, 2.05) is 6.08 Å². The van der Waals surface area contributed by atoms with Gasteiger partial charge in [0.15, 0.2) is 5.82 Å². The number of ether oxygens (including phenoxy) is 2. The number of carbonyl (C=O) groups is 1. The SMILES string of the molecule is CC(Oc1nc(C2(CCN3CCOCC3)C=CC=C(C(N)=O)C2)cnc1N)c1c(F)ccc(F)c1Cl. The van der Waals surface area contributed by atoms with Gasteiger partial charge in [-0.2, -0.15) is 0 Å². The molecule has 4 rings (SSSR count). The van der Waals surface area contributed by atoms with E-state index in [2.05, 4.69) is 14.9 Å². The van der Waals surface area contributed by atoms with Crippen LogP contribution in [0.15, 0.2) is 42.1 Å². The number of morpholine rings is 1. The normalized spacial score (nSPS) is 21.2. The number of nitrogens with zero attached hydrogens (tertiary/aromatic N) is 3. The third-order valence-electron chi connectivity index (χ3n) is 6.56. The van der Waals surface area contributed by atoms with Crippen LogP contribution in [0.2, 0.25) is 5.02 Å². The number of nitrogen functional groups attached to an aromatic ring is 1. The standard InChI is InChI=1S/C25H28ClF2N5O3/c1-15(20-17(27)4-5-18(28)21(20)26)36-24-22(29)31-14-19(32-24)25(6-2-3-16(13-25)23(30)34)7-8-33-9-11-35-12-10-33/h2-6,14-15H,7-13H2,1H3,(H2,29,31)(H2,30,34). The van der Waals surface area contributed by atoms with E-state index in [9.17, 15) is 13.6 Å². The van der Waals surface area contributed by atoms with Gasteiger partial charge in [0.2, 0.25) is 5.91 Å². The molecule has 4 N–H and O–H groups in total. The number of anilines is 1. The number of hydrogen-bond acceptors (Lipinski definition) is 7. The summed E-state index contributed by atoms with van der Waals surface area (Å²) in [5.74, 6) is -2.07. The lowest BCUT2D eigenvalue weighted by atomic mass is 9.73. The van der Waals surface area contributed by atoms with Gasteiger partial charge in [-0.15, -0.1) is 0 Å². The number of hydrogen-bond donors (Lipinski definition) is 2. The maximum Gasteiger partial charge on any atom is 0.258 e. The monoisotopic (exact) mass is 519 g/mol. The number of aromatic nitrogens is 2.